The number of carbonyl (C=O) groups excluding carboxylic acids is 1. The number of carbonyl (C=O) groups is 1. The standard InChI is InChI=1S/C14H15BrO3/c1-17-12-7-6-11(14(18-2)13(12)15)9-4-3-5-10(16)8-9/h6-8H,3-5H2,1-2H3. The van der Waals surface area contributed by atoms with Crippen LogP contribution < -0.4 is 9.47 Å². The van der Waals surface area contributed by atoms with Gasteiger partial charge in [0.25, 0.3) is 0 Å². The number of hydrogen-bond donors (Lipinski definition) is 0. The first-order chi connectivity index (χ1) is 8.67. The van der Waals surface area contributed by atoms with Crippen molar-refractivity contribution in [1.29, 1.82) is 0 Å². The second kappa shape index (κ2) is 5.57. The predicted octanol–water partition coefficient (Wildman–Crippen LogP) is 3.60. The summed E-state index contributed by atoms with van der Waals surface area (Å²) in [6, 6.07) is 3.81. The van der Waals surface area contributed by atoms with Crippen molar-refractivity contribution in [2.45, 2.75) is 19.3 Å². The van der Waals surface area contributed by atoms with Crippen LogP contribution in [0, 0.1) is 0 Å². The van der Waals surface area contributed by atoms with E-state index < -0.39 is 0 Å². The molecule has 0 atom stereocenters. The normalized spacial score (nSPS) is 15.3. The van der Waals surface area contributed by atoms with E-state index in [-0.39, 0.29) is 5.78 Å². The Hall–Kier alpha value is -1.29. The molecule has 1 aromatic rings. The largest absolute Gasteiger partial charge is 0.495 e. The third kappa shape index (κ3) is 2.43. The molecule has 0 aliphatic heterocycles. The van der Waals surface area contributed by atoms with Gasteiger partial charge in [-0.3, -0.25) is 4.79 Å². The fraction of sp³-hybridized carbons (Fsp3) is 0.357. The molecular weight excluding hydrogens is 296 g/mol. The Morgan fingerprint density at radius 2 is 1.94 bits per heavy atom. The van der Waals surface area contributed by atoms with Crippen LogP contribution in [0.3, 0.4) is 0 Å². The van der Waals surface area contributed by atoms with Crippen molar-refractivity contribution in [1.82, 2.24) is 0 Å². The maximum absolute atomic E-state index is 11.5. The number of ketones is 1. The molecule has 0 aromatic heterocycles. The summed E-state index contributed by atoms with van der Waals surface area (Å²) in [5.74, 6) is 1.62. The average molecular weight is 311 g/mol. The molecule has 4 heteroatoms. The molecule has 0 saturated heterocycles. The van der Waals surface area contributed by atoms with E-state index in [0.29, 0.717) is 6.42 Å². The Morgan fingerprint density at radius 3 is 2.56 bits per heavy atom. The lowest BCUT2D eigenvalue weighted by Gasteiger charge is -2.17. The molecule has 3 nitrogen and oxygen atoms in total. The summed E-state index contributed by atoms with van der Waals surface area (Å²) < 4.78 is 11.4. The topological polar surface area (TPSA) is 35.5 Å². The van der Waals surface area contributed by atoms with Crippen molar-refractivity contribution >= 4 is 27.3 Å². The molecule has 18 heavy (non-hydrogen) atoms. The first kappa shape index (κ1) is 13.1. The third-order valence-corrected chi connectivity index (χ3v) is 3.79. The van der Waals surface area contributed by atoms with Crippen molar-refractivity contribution in [3.05, 3.63) is 28.2 Å². The molecule has 0 amide bonds. The molecule has 0 radical (unpaired) electrons. The van der Waals surface area contributed by atoms with Crippen LogP contribution in [-0.4, -0.2) is 20.0 Å². The van der Waals surface area contributed by atoms with Gasteiger partial charge in [0.15, 0.2) is 5.78 Å². The summed E-state index contributed by atoms with van der Waals surface area (Å²) in [6.07, 6.45) is 4.17. The SMILES string of the molecule is COc1ccc(C2=CC(=O)CCC2)c(OC)c1Br. The molecule has 1 aliphatic carbocycles. The molecule has 0 saturated carbocycles. The van der Waals surface area contributed by atoms with Gasteiger partial charge in [-0.25, -0.2) is 0 Å². The molecule has 0 heterocycles. The van der Waals surface area contributed by atoms with Gasteiger partial charge in [0.05, 0.1) is 14.2 Å². The number of methoxy groups -OCH3 is 2. The monoisotopic (exact) mass is 310 g/mol. The fourth-order valence-corrected chi connectivity index (χ4v) is 2.82. The molecule has 0 fully saturated rings. The Balaban J connectivity index is 2.51. The molecule has 96 valence electrons. The van der Waals surface area contributed by atoms with E-state index in [2.05, 4.69) is 15.9 Å². The van der Waals surface area contributed by atoms with E-state index in [4.69, 9.17) is 9.47 Å². The van der Waals surface area contributed by atoms with Crippen LogP contribution in [0.15, 0.2) is 22.7 Å². The van der Waals surface area contributed by atoms with Crippen LogP contribution in [0.4, 0.5) is 0 Å². The van der Waals surface area contributed by atoms with Gasteiger partial charge in [-0.05, 0) is 52.6 Å². The number of ether oxygens (including phenoxy) is 2. The highest BCUT2D eigenvalue weighted by Crippen LogP contribution is 2.41. The summed E-state index contributed by atoms with van der Waals surface area (Å²) in [4.78, 5) is 11.5. The predicted molar refractivity (Wildman–Crippen MR) is 74.1 cm³/mol. The number of halogens is 1. The maximum Gasteiger partial charge on any atom is 0.155 e. The van der Waals surface area contributed by atoms with E-state index in [1.165, 1.54) is 0 Å². The summed E-state index contributed by atoms with van der Waals surface area (Å²) in [5.41, 5.74) is 1.99. The first-order valence-corrected chi connectivity index (χ1v) is 6.61. The van der Waals surface area contributed by atoms with Gasteiger partial charge in [-0.1, -0.05) is 0 Å². The number of hydrogen-bond acceptors (Lipinski definition) is 3. The maximum atomic E-state index is 11.5. The molecule has 1 aromatic carbocycles. The molecule has 0 bridgehead atoms. The zero-order valence-electron chi connectivity index (χ0n) is 10.5. The highest BCUT2D eigenvalue weighted by atomic mass is 79.9. The van der Waals surface area contributed by atoms with Crippen molar-refractivity contribution < 1.29 is 14.3 Å². The lowest BCUT2D eigenvalue weighted by atomic mass is 9.92. The zero-order valence-corrected chi connectivity index (χ0v) is 12.0. The number of benzene rings is 1. The van der Waals surface area contributed by atoms with E-state index in [1.807, 2.05) is 12.1 Å². The van der Waals surface area contributed by atoms with Crippen molar-refractivity contribution in [2.75, 3.05) is 14.2 Å². The van der Waals surface area contributed by atoms with E-state index in [9.17, 15) is 4.79 Å². The van der Waals surface area contributed by atoms with E-state index >= 15 is 0 Å². The lowest BCUT2D eigenvalue weighted by Crippen LogP contribution is -2.04. The second-order valence-electron chi connectivity index (χ2n) is 4.15. The van der Waals surface area contributed by atoms with Gasteiger partial charge in [-0.15, -0.1) is 0 Å². The Kier molecular flexibility index (Phi) is 4.07. The highest BCUT2D eigenvalue weighted by Gasteiger charge is 2.18. The summed E-state index contributed by atoms with van der Waals surface area (Å²) in [5, 5.41) is 0. The second-order valence-corrected chi connectivity index (χ2v) is 4.95. The zero-order chi connectivity index (χ0) is 13.1. The van der Waals surface area contributed by atoms with Crippen molar-refractivity contribution in [3.63, 3.8) is 0 Å². The molecule has 0 N–H and O–H groups in total. The summed E-state index contributed by atoms with van der Waals surface area (Å²) in [7, 11) is 3.23. The first-order valence-electron chi connectivity index (χ1n) is 5.81. The molecule has 0 unspecified atom stereocenters. The van der Waals surface area contributed by atoms with Crippen LogP contribution in [0.2, 0.25) is 0 Å². The quantitative estimate of drug-likeness (QED) is 0.855. The minimum absolute atomic E-state index is 0.185. The van der Waals surface area contributed by atoms with Gasteiger partial charge >= 0.3 is 0 Å². The smallest absolute Gasteiger partial charge is 0.155 e. The van der Waals surface area contributed by atoms with Crippen molar-refractivity contribution in [3.8, 4) is 11.5 Å². The fourth-order valence-electron chi connectivity index (χ4n) is 2.15. The number of rotatable bonds is 3. The van der Waals surface area contributed by atoms with E-state index in [1.54, 1.807) is 20.3 Å². The van der Waals surface area contributed by atoms with Crippen LogP contribution >= 0.6 is 15.9 Å². The Morgan fingerprint density at radius 1 is 1.17 bits per heavy atom. The highest BCUT2D eigenvalue weighted by molar-refractivity contribution is 9.10. The summed E-state index contributed by atoms with van der Waals surface area (Å²) in [6.45, 7) is 0. The van der Waals surface area contributed by atoms with Gasteiger partial charge < -0.3 is 9.47 Å². The van der Waals surface area contributed by atoms with Crippen LogP contribution in [0.5, 0.6) is 11.5 Å². The lowest BCUT2D eigenvalue weighted by molar-refractivity contribution is -0.114. The van der Waals surface area contributed by atoms with Gasteiger partial charge in [-0.2, -0.15) is 0 Å². The summed E-state index contributed by atoms with van der Waals surface area (Å²) >= 11 is 3.47. The molecule has 2 rings (SSSR count). The van der Waals surface area contributed by atoms with Crippen LogP contribution in [0.1, 0.15) is 24.8 Å². The minimum Gasteiger partial charge on any atom is -0.495 e. The van der Waals surface area contributed by atoms with Crippen molar-refractivity contribution in [2.24, 2.45) is 0 Å². The van der Waals surface area contributed by atoms with Gasteiger partial charge in [0, 0.05) is 12.0 Å². The molecule has 0 spiro atoms. The van der Waals surface area contributed by atoms with Gasteiger partial charge in [0.2, 0.25) is 0 Å². The van der Waals surface area contributed by atoms with E-state index in [0.717, 1.165) is 39.9 Å². The Bertz CT molecular complexity index is 506. The third-order valence-electron chi connectivity index (χ3n) is 3.04. The van der Waals surface area contributed by atoms with Crippen LogP contribution in [-0.2, 0) is 4.79 Å². The number of allylic oxidation sites excluding steroid dienone is 2. The Labute approximate surface area is 115 Å². The van der Waals surface area contributed by atoms with Gasteiger partial charge in [0.1, 0.15) is 16.0 Å². The average Bonchev–Trinajstić information content (AvgIpc) is 2.38. The minimum atomic E-state index is 0.185. The molecule has 1 aliphatic rings. The van der Waals surface area contributed by atoms with Crippen LogP contribution in [0.25, 0.3) is 5.57 Å². The molecular formula is C14H15BrO3.